The normalized spacial score (nSPS) is 10.8. The second-order valence-corrected chi connectivity index (χ2v) is 8.74. The van der Waals surface area contributed by atoms with E-state index in [2.05, 4.69) is 4.98 Å². The van der Waals surface area contributed by atoms with Gasteiger partial charge in [-0.3, -0.25) is 10.1 Å². The summed E-state index contributed by atoms with van der Waals surface area (Å²) in [6.45, 7) is 5.23. The van der Waals surface area contributed by atoms with Gasteiger partial charge in [0.15, 0.2) is 0 Å². The van der Waals surface area contributed by atoms with Crippen molar-refractivity contribution in [2.75, 3.05) is 14.2 Å². The molecule has 1 heterocycles. The number of H-pyrrole nitrogens is 1. The lowest BCUT2D eigenvalue weighted by Crippen LogP contribution is -2.10. The Hall–Kier alpha value is -4.17. The largest absolute Gasteiger partial charge is 0.497 e. The van der Waals surface area contributed by atoms with E-state index in [-0.39, 0.29) is 5.69 Å². The molecule has 0 atom stereocenters. The third-order valence-electron chi connectivity index (χ3n) is 4.78. The van der Waals surface area contributed by atoms with Gasteiger partial charge in [-0.25, -0.2) is 4.98 Å². The second-order valence-electron chi connectivity index (χ2n) is 8.74. The molecule has 0 fully saturated rings. The summed E-state index contributed by atoms with van der Waals surface area (Å²) in [5.74, 6) is 2.05. The first-order valence-electron chi connectivity index (χ1n) is 10.9. The molecule has 2 N–H and O–H groups in total. The van der Waals surface area contributed by atoms with E-state index in [1.165, 1.54) is 12.1 Å². The summed E-state index contributed by atoms with van der Waals surface area (Å²) in [6.07, 6.45) is 0. The van der Waals surface area contributed by atoms with Crippen LogP contribution in [0.15, 0.2) is 72.8 Å². The number of nitro groups is 1. The van der Waals surface area contributed by atoms with Crippen LogP contribution in [0.1, 0.15) is 20.8 Å². The average molecular weight is 476 g/mol. The summed E-state index contributed by atoms with van der Waals surface area (Å²) in [4.78, 5) is 18.9. The third-order valence-corrected chi connectivity index (χ3v) is 4.78. The van der Waals surface area contributed by atoms with Gasteiger partial charge in [-0.2, -0.15) is 0 Å². The van der Waals surface area contributed by atoms with Gasteiger partial charge < -0.3 is 19.6 Å². The number of nitrogens with one attached hydrogen (secondary N) is 1. The van der Waals surface area contributed by atoms with Gasteiger partial charge in [-0.1, -0.05) is 12.1 Å². The Kier molecular flexibility index (Phi) is 7.88. The molecule has 0 bridgehead atoms. The molecule has 0 radical (unpaired) electrons. The predicted molar refractivity (Wildman–Crippen MR) is 137 cm³/mol. The lowest BCUT2D eigenvalue weighted by molar-refractivity contribution is -0.384. The maximum atomic E-state index is 11.2. The smallest absolute Gasteiger partial charge is 0.270 e. The Balaban J connectivity index is 0.000000623. The fourth-order valence-electron chi connectivity index (χ4n) is 3.20. The van der Waals surface area contributed by atoms with Crippen LogP contribution in [0.4, 0.5) is 5.69 Å². The molecule has 8 nitrogen and oxygen atoms in total. The Bertz CT molecular complexity index is 1200. The standard InChI is InChI=1S/C23H19N3O4.C4H10O/c1-29-19-10-6-15(7-11-19)21-22(16-8-12-20(30-2)13-9-16)25-23(24-21)17-4-3-5-18(14-17)26(27)28;1-4(2,3)5/h3-14H,1-2H3,(H,24,25);5H,1-3H3. The molecule has 0 unspecified atom stereocenters. The number of ether oxygens (including phenoxy) is 2. The summed E-state index contributed by atoms with van der Waals surface area (Å²) in [5, 5.41) is 19.7. The predicted octanol–water partition coefficient (Wildman–Crippen LogP) is 6.11. The maximum Gasteiger partial charge on any atom is 0.270 e. The quantitative estimate of drug-likeness (QED) is 0.257. The van der Waals surface area contributed by atoms with Crippen LogP contribution in [0.5, 0.6) is 11.5 Å². The third kappa shape index (κ3) is 6.91. The molecule has 3 aromatic carbocycles. The van der Waals surface area contributed by atoms with Gasteiger partial charge in [-0.05, 0) is 69.3 Å². The zero-order chi connectivity index (χ0) is 25.6. The fraction of sp³-hybridized carbons (Fsp3) is 0.222. The Labute approximate surface area is 204 Å². The number of benzene rings is 3. The molecule has 4 aromatic rings. The van der Waals surface area contributed by atoms with Crippen molar-refractivity contribution in [3.63, 3.8) is 0 Å². The number of imidazole rings is 1. The highest BCUT2D eigenvalue weighted by atomic mass is 16.6. The van der Waals surface area contributed by atoms with Crippen LogP contribution in [-0.2, 0) is 0 Å². The second kappa shape index (κ2) is 10.8. The number of hydrogen-bond donors (Lipinski definition) is 2. The van der Waals surface area contributed by atoms with E-state index in [9.17, 15) is 10.1 Å². The van der Waals surface area contributed by atoms with Crippen molar-refractivity contribution in [3.05, 3.63) is 82.9 Å². The molecule has 0 aliphatic rings. The van der Waals surface area contributed by atoms with Gasteiger partial charge in [0, 0.05) is 28.8 Å². The van der Waals surface area contributed by atoms with Gasteiger partial charge in [0.25, 0.3) is 5.69 Å². The summed E-state index contributed by atoms with van der Waals surface area (Å²) in [5.41, 5.74) is 3.52. The number of rotatable bonds is 6. The van der Waals surface area contributed by atoms with Gasteiger partial charge in [-0.15, -0.1) is 0 Å². The van der Waals surface area contributed by atoms with Crippen molar-refractivity contribution >= 4 is 5.69 Å². The van der Waals surface area contributed by atoms with E-state index < -0.39 is 10.5 Å². The van der Waals surface area contributed by atoms with E-state index in [0.717, 1.165) is 34.0 Å². The number of aliphatic hydroxyl groups is 1. The molecule has 0 spiro atoms. The van der Waals surface area contributed by atoms with E-state index in [1.54, 1.807) is 47.1 Å². The van der Waals surface area contributed by atoms with Crippen molar-refractivity contribution in [2.45, 2.75) is 26.4 Å². The first-order chi connectivity index (χ1) is 16.6. The van der Waals surface area contributed by atoms with Crippen molar-refractivity contribution in [1.82, 2.24) is 9.97 Å². The molecule has 0 amide bonds. The minimum Gasteiger partial charge on any atom is -0.497 e. The van der Waals surface area contributed by atoms with Gasteiger partial charge in [0.2, 0.25) is 0 Å². The molecule has 0 aliphatic heterocycles. The molecule has 4 rings (SSSR count). The number of hydrogen-bond acceptors (Lipinski definition) is 6. The highest BCUT2D eigenvalue weighted by molar-refractivity contribution is 5.81. The van der Waals surface area contributed by atoms with E-state index in [4.69, 9.17) is 19.6 Å². The van der Waals surface area contributed by atoms with E-state index >= 15 is 0 Å². The van der Waals surface area contributed by atoms with Crippen molar-refractivity contribution in [1.29, 1.82) is 0 Å². The molecular formula is C27H29N3O5. The Morgan fingerprint density at radius 1 is 0.857 bits per heavy atom. The van der Waals surface area contributed by atoms with Gasteiger partial charge in [0.05, 0.1) is 36.1 Å². The number of aromatic amines is 1. The number of nitrogens with zero attached hydrogens (tertiary/aromatic N) is 2. The minimum absolute atomic E-state index is 0.0147. The number of aromatic nitrogens is 2. The minimum atomic E-state index is -0.500. The van der Waals surface area contributed by atoms with Gasteiger partial charge >= 0.3 is 0 Å². The summed E-state index contributed by atoms with van der Waals surface area (Å²) >= 11 is 0. The summed E-state index contributed by atoms with van der Waals surface area (Å²) in [6, 6.07) is 21.6. The molecule has 0 aliphatic carbocycles. The molecule has 1 aromatic heterocycles. The molecule has 0 saturated heterocycles. The molecular weight excluding hydrogens is 446 g/mol. The van der Waals surface area contributed by atoms with Crippen LogP contribution >= 0.6 is 0 Å². The first kappa shape index (κ1) is 25.5. The Morgan fingerprint density at radius 3 is 1.86 bits per heavy atom. The highest BCUT2D eigenvalue weighted by Gasteiger charge is 2.17. The Morgan fingerprint density at radius 2 is 1.37 bits per heavy atom. The number of methoxy groups -OCH3 is 2. The maximum absolute atomic E-state index is 11.2. The summed E-state index contributed by atoms with van der Waals surface area (Å²) in [7, 11) is 3.24. The van der Waals surface area contributed by atoms with Crippen molar-refractivity contribution < 1.29 is 19.5 Å². The molecule has 8 heteroatoms. The first-order valence-corrected chi connectivity index (χ1v) is 10.9. The molecule has 0 saturated carbocycles. The topological polar surface area (TPSA) is 111 Å². The van der Waals surface area contributed by atoms with Crippen LogP contribution < -0.4 is 9.47 Å². The summed E-state index contributed by atoms with van der Waals surface area (Å²) < 4.78 is 10.5. The fourth-order valence-corrected chi connectivity index (χ4v) is 3.20. The number of non-ortho nitro benzene ring substituents is 1. The monoisotopic (exact) mass is 475 g/mol. The lowest BCUT2D eigenvalue weighted by atomic mass is 10.0. The van der Waals surface area contributed by atoms with Crippen LogP contribution in [0.3, 0.4) is 0 Å². The highest BCUT2D eigenvalue weighted by Crippen LogP contribution is 2.35. The molecule has 182 valence electrons. The van der Waals surface area contributed by atoms with Gasteiger partial charge in [0.1, 0.15) is 17.3 Å². The van der Waals surface area contributed by atoms with E-state index in [0.29, 0.717) is 11.4 Å². The van der Waals surface area contributed by atoms with Crippen LogP contribution in [0.2, 0.25) is 0 Å². The van der Waals surface area contributed by atoms with E-state index in [1.807, 2.05) is 48.5 Å². The van der Waals surface area contributed by atoms with Crippen molar-refractivity contribution in [2.24, 2.45) is 0 Å². The lowest BCUT2D eigenvalue weighted by Gasteiger charge is -2.06. The van der Waals surface area contributed by atoms with Crippen LogP contribution in [0, 0.1) is 10.1 Å². The number of nitro benzene ring substituents is 1. The SMILES string of the molecule is CC(C)(C)O.COc1ccc(-c2nc(-c3cccc([N+](=O)[O-])c3)[nH]c2-c2ccc(OC)cc2)cc1. The zero-order valence-electron chi connectivity index (χ0n) is 20.4. The van der Waals surface area contributed by atoms with Crippen LogP contribution in [0.25, 0.3) is 33.9 Å². The zero-order valence-corrected chi connectivity index (χ0v) is 20.4. The van der Waals surface area contributed by atoms with Crippen LogP contribution in [-0.4, -0.2) is 39.8 Å². The average Bonchev–Trinajstić information content (AvgIpc) is 3.29. The van der Waals surface area contributed by atoms with Crippen molar-refractivity contribution in [3.8, 4) is 45.4 Å². The molecule has 35 heavy (non-hydrogen) atoms.